The molecular weight excluding hydrogens is 372 g/mol. The predicted octanol–water partition coefficient (Wildman–Crippen LogP) is 2.84. The van der Waals surface area contributed by atoms with Crippen LogP contribution in [0.2, 0.25) is 0 Å². The van der Waals surface area contributed by atoms with Crippen LogP contribution < -0.4 is 5.14 Å². The highest BCUT2D eigenvalue weighted by atomic mass is 32.2. The molecule has 2 aromatic rings. The van der Waals surface area contributed by atoms with E-state index < -0.39 is 26.1 Å². The lowest BCUT2D eigenvalue weighted by Crippen LogP contribution is -2.29. The number of hydrogen-bond acceptors (Lipinski definition) is 4. The van der Waals surface area contributed by atoms with E-state index in [2.05, 4.69) is 0 Å². The summed E-state index contributed by atoms with van der Waals surface area (Å²) in [4.78, 5) is 0.209. The van der Waals surface area contributed by atoms with Gasteiger partial charge in [-0.05, 0) is 48.2 Å². The molecule has 2 aromatic carbocycles. The quantitative estimate of drug-likeness (QED) is 0.812. The van der Waals surface area contributed by atoms with Gasteiger partial charge < -0.3 is 0 Å². The average Bonchev–Trinajstić information content (AvgIpc) is 2.59. The first-order valence-corrected chi connectivity index (χ1v) is 11.1. The summed E-state index contributed by atoms with van der Waals surface area (Å²) in [6, 6.07) is 12.3. The fourth-order valence-corrected chi connectivity index (χ4v) is 4.41. The Morgan fingerprint density at radius 1 is 0.769 bits per heavy atom. The van der Waals surface area contributed by atoms with Crippen LogP contribution in [0.5, 0.6) is 0 Å². The lowest BCUT2D eigenvalue weighted by atomic mass is 10.0. The van der Waals surface area contributed by atoms with Crippen LogP contribution in [0.3, 0.4) is 0 Å². The Morgan fingerprint density at radius 2 is 1.19 bits per heavy atom. The SMILES string of the molecule is CC(C)c1ccc(S(=O)(=O)N(C)C(C)c2ccc(S(N)(=O)=O)cc2)cc1. The molecule has 1 atom stereocenters. The van der Waals surface area contributed by atoms with Gasteiger partial charge in [0, 0.05) is 13.1 Å². The summed E-state index contributed by atoms with van der Waals surface area (Å²) < 4.78 is 49.7. The van der Waals surface area contributed by atoms with Crippen LogP contribution in [0.25, 0.3) is 0 Å². The highest BCUT2D eigenvalue weighted by Gasteiger charge is 2.26. The van der Waals surface area contributed by atoms with E-state index in [1.807, 2.05) is 26.0 Å². The Bertz CT molecular complexity index is 965. The summed E-state index contributed by atoms with van der Waals surface area (Å²) in [6.45, 7) is 5.83. The first-order valence-electron chi connectivity index (χ1n) is 8.15. The molecule has 8 heteroatoms. The maximum Gasteiger partial charge on any atom is 0.243 e. The molecule has 0 radical (unpaired) electrons. The van der Waals surface area contributed by atoms with E-state index in [9.17, 15) is 16.8 Å². The smallest absolute Gasteiger partial charge is 0.225 e. The second kappa shape index (κ2) is 7.48. The van der Waals surface area contributed by atoms with Crippen molar-refractivity contribution in [1.82, 2.24) is 4.31 Å². The minimum absolute atomic E-state index is 0.0109. The number of nitrogens with zero attached hydrogens (tertiary/aromatic N) is 1. The number of benzene rings is 2. The van der Waals surface area contributed by atoms with Gasteiger partial charge in [-0.2, -0.15) is 4.31 Å². The highest BCUT2D eigenvalue weighted by molar-refractivity contribution is 7.89. The number of hydrogen-bond donors (Lipinski definition) is 1. The molecule has 0 amide bonds. The van der Waals surface area contributed by atoms with E-state index >= 15 is 0 Å². The largest absolute Gasteiger partial charge is 0.243 e. The molecule has 0 heterocycles. The van der Waals surface area contributed by atoms with Crippen molar-refractivity contribution in [2.24, 2.45) is 5.14 Å². The van der Waals surface area contributed by atoms with Crippen molar-refractivity contribution in [2.45, 2.75) is 42.5 Å². The minimum Gasteiger partial charge on any atom is -0.225 e. The van der Waals surface area contributed by atoms with Crippen LogP contribution in [0.4, 0.5) is 0 Å². The van der Waals surface area contributed by atoms with Gasteiger partial charge in [0.1, 0.15) is 0 Å². The molecule has 0 fully saturated rings. The third-order valence-electron chi connectivity index (χ3n) is 4.46. The second-order valence-electron chi connectivity index (χ2n) is 6.54. The molecule has 6 nitrogen and oxygen atoms in total. The molecule has 0 aromatic heterocycles. The summed E-state index contributed by atoms with van der Waals surface area (Å²) in [6.07, 6.45) is 0. The first-order chi connectivity index (χ1) is 11.9. The standard InChI is InChI=1S/C18H24N2O4S2/c1-13(2)15-5-11-18(12-6-15)26(23,24)20(4)14(3)16-7-9-17(10-8-16)25(19,21)22/h5-14H,1-4H3,(H2,19,21,22). The van der Waals surface area contributed by atoms with Gasteiger partial charge in [-0.25, -0.2) is 22.0 Å². The van der Waals surface area contributed by atoms with Gasteiger partial charge >= 0.3 is 0 Å². The topological polar surface area (TPSA) is 97.5 Å². The van der Waals surface area contributed by atoms with Gasteiger partial charge in [0.25, 0.3) is 0 Å². The Kier molecular flexibility index (Phi) is 5.92. The van der Waals surface area contributed by atoms with Gasteiger partial charge in [0.05, 0.1) is 9.79 Å². The van der Waals surface area contributed by atoms with Crippen LogP contribution in [-0.2, 0) is 20.0 Å². The molecular formula is C18H24N2O4S2. The minimum atomic E-state index is -3.78. The molecule has 0 bridgehead atoms. The maximum atomic E-state index is 12.9. The summed E-state index contributed by atoms with van der Waals surface area (Å²) in [5.41, 5.74) is 1.74. The summed E-state index contributed by atoms with van der Waals surface area (Å²) in [7, 11) is -5.95. The third-order valence-corrected chi connectivity index (χ3v) is 7.33. The van der Waals surface area contributed by atoms with Crippen molar-refractivity contribution < 1.29 is 16.8 Å². The van der Waals surface area contributed by atoms with Crippen LogP contribution >= 0.6 is 0 Å². The van der Waals surface area contributed by atoms with Gasteiger partial charge in [-0.1, -0.05) is 38.1 Å². The maximum absolute atomic E-state index is 12.9. The number of nitrogens with two attached hydrogens (primary N) is 1. The van der Waals surface area contributed by atoms with Crippen LogP contribution in [0, 0.1) is 0 Å². The molecule has 0 saturated heterocycles. The molecule has 0 aliphatic rings. The lowest BCUT2D eigenvalue weighted by Gasteiger charge is -2.25. The molecule has 0 spiro atoms. The van der Waals surface area contributed by atoms with Crippen LogP contribution in [0.15, 0.2) is 58.3 Å². The Balaban J connectivity index is 2.29. The summed E-state index contributed by atoms with van der Waals surface area (Å²) in [5.74, 6) is 0.320. The van der Waals surface area contributed by atoms with Crippen molar-refractivity contribution in [2.75, 3.05) is 7.05 Å². The molecule has 142 valence electrons. The Hall–Kier alpha value is -1.74. The second-order valence-corrected chi connectivity index (χ2v) is 10.1. The molecule has 2 N–H and O–H groups in total. The predicted molar refractivity (Wildman–Crippen MR) is 102 cm³/mol. The van der Waals surface area contributed by atoms with E-state index in [1.54, 1.807) is 31.2 Å². The van der Waals surface area contributed by atoms with Crippen LogP contribution in [-0.4, -0.2) is 28.2 Å². The molecule has 26 heavy (non-hydrogen) atoms. The van der Waals surface area contributed by atoms with Gasteiger partial charge in [-0.15, -0.1) is 0 Å². The third kappa shape index (κ3) is 4.32. The van der Waals surface area contributed by atoms with Gasteiger partial charge in [-0.3, -0.25) is 0 Å². The lowest BCUT2D eigenvalue weighted by molar-refractivity contribution is 0.398. The van der Waals surface area contributed by atoms with E-state index in [4.69, 9.17) is 5.14 Å². The van der Waals surface area contributed by atoms with E-state index in [0.29, 0.717) is 11.5 Å². The Labute approximate surface area is 155 Å². The van der Waals surface area contributed by atoms with Crippen molar-refractivity contribution in [1.29, 1.82) is 0 Å². The number of rotatable bonds is 6. The highest BCUT2D eigenvalue weighted by Crippen LogP contribution is 2.27. The zero-order valence-corrected chi connectivity index (χ0v) is 16.9. The normalized spacial score (nSPS) is 14.0. The summed E-state index contributed by atoms with van der Waals surface area (Å²) in [5, 5.41) is 5.09. The number of primary sulfonamides is 1. The van der Waals surface area contributed by atoms with E-state index in [0.717, 1.165) is 5.56 Å². The number of sulfonamides is 2. The van der Waals surface area contributed by atoms with Crippen molar-refractivity contribution in [3.05, 3.63) is 59.7 Å². The molecule has 0 aliphatic carbocycles. The van der Waals surface area contributed by atoms with E-state index in [1.165, 1.54) is 23.5 Å². The monoisotopic (exact) mass is 396 g/mol. The Morgan fingerprint density at radius 3 is 1.62 bits per heavy atom. The van der Waals surface area contributed by atoms with E-state index in [-0.39, 0.29) is 9.79 Å². The fourth-order valence-electron chi connectivity index (χ4n) is 2.55. The van der Waals surface area contributed by atoms with Crippen molar-refractivity contribution in [3.63, 3.8) is 0 Å². The molecule has 0 aliphatic heterocycles. The molecule has 2 rings (SSSR count). The zero-order chi connectivity index (χ0) is 19.7. The van der Waals surface area contributed by atoms with Crippen molar-refractivity contribution in [3.8, 4) is 0 Å². The molecule has 0 saturated carbocycles. The average molecular weight is 397 g/mol. The molecule has 1 unspecified atom stereocenters. The van der Waals surface area contributed by atoms with Gasteiger partial charge in [0.2, 0.25) is 20.0 Å². The first kappa shape index (κ1) is 20.6. The van der Waals surface area contributed by atoms with Crippen LogP contribution in [0.1, 0.15) is 43.9 Å². The zero-order valence-electron chi connectivity index (χ0n) is 15.2. The van der Waals surface area contributed by atoms with Gasteiger partial charge in [0.15, 0.2) is 0 Å². The summed E-state index contributed by atoms with van der Waals surface area (Å²) >= 11 is 0. The fraction of sp³-hybridized carbons (Fsp3) is 0.333. The van der Waals surface area contributed by atoms with Crippen molar-refractivity contribution >= 4 is 20.0 Å².